The Bertz CT molecular complexity index is 846. The van der Waals surface area contributed by atoms with Crippen LogP contribution in [0.3, 0.4) is 0 Å². The van der Waals surface area contributed by atoms with Gasteiger partial charge < -0.3 is 15.0 Å². The Morgan fingerprint density at radius 1 is 1.14 bits per heavy atom. The first-order valence-corrected chi connectivity index (χ1v) is 10.3. The minimum atomic E-state index is -0.0223. The summed E-state index contributed by atoms with van der Waals surface area (Å²) in [5, 5.41) is 12.9. The fourth-order valence-corrected chi connectivity index (χ4v) is 4.49. The second-order valence-electron chi connectivity index (χ2n) is 7.00. The van der Waals surface area contributed by atoms with Crippen molar-refractivity contribution in [3.63, 3.8) is 0 Å². The van der Waals surface area contributed by atoms with Gasteiger partial charge in [-0.15, -0.1) is 10.2 Å². The third-order valence-electron chi connectivity index (χ3n) is 5.20. The summed E-state index contributed by atoms with van der Waals surface area (Å²) in [6, 6.07) is 7.34. The SMILES string of the molecule is COc1ccc(NC(=O)C2CCN(c3nnc(N4CCCC4=O)s3)CC2)cc1. The number of ether oxygens (including phenoxy) is 1. The molecule has 1 aromatic heterocycles. The highest BCUT2D eigenvalue weighted by molar-refractivity contribution is 7.19. The van der Waals surface area contributed by atoms with E-state index in [9.17, 15) is 9.59 Å². The summed E-state index contributed by atoms with van der Waals surface area (Å²) in [5.74, 6) is 0.909. The first-order chi connectivity index (χ1) is 13.6. The Labute approximate surface area is 167 Å². The van der Waals surface area contributed by atoms with Gasteiger partial charge in [0.25, 0.3) is 0 Å². The molecule has 0 radical (unpaired) electrons. The highest BCUT2D eigenvalue weighted by Gasteiger charge is 2.29. The zero-order chi connectivity index (χ0) is 19.5. The van der Waals surface area contributed by atoms with Gasteiger partial charge in [0.05, 0.1) is 7.11 Å². The molecule has 1 aromatic carbocycles. The predicted octanol–water partition coefficient (Wildman–Crippen LogP) is 2.53. The summed E-state index contributed by atoms with van der Waals surface area (Å²) in [7, 11) is 1.62. The van der Waals surface area contributed by atoms with E-state index in [1.165, 1.54) is 11.3 Å². The molecule has 2 amide bonds. The number of carbonyl (C=O) groups excluding carboxylic acids is 2. The number of benzene rings is 1. The summed E-state index contributed by atoms with van der Waals surface area (Å²) in [4.78, 5) is 28.3. The van der Waals surface area contributed by atoms with Crippen molar-refractivity contribution < 1.29 is 14.3 Å². The van der Waals surface area contributed by atoms with Crippen molar-refractivity contribution in [2.45, 2.75) is 25.7 Å². The fourth-order valence-electron chi connectivity index (χ4n) is 3.55. The summed E-state index contributed by atoms with van der Waals surface area (Å²) in [5.41, 5.74) is 0.775. The smallest absolute Gasteiger partial charge is 0.228 e. The molecule has 0 atom stereocenters. The van der Waals surface area contributed by atoms with Crippen LogP contribution >= 0.6 is 11.3 Å². The van der Waals surface area contributed by atoms with E-state index in [0.717, 1.165) is 55.5 Å². The zero-order valence-electron chi connectivity index (χ0n) is 15.8. The van der Waals surface area contributed by atoms with E-state index in [4.69, 9.17) is 4.74 Å². The van der Waals surface area contributed by atoms with E-state index in [-0.39, 0.29) is 17.7 Å². The second kappa shape index (κ2) is 8.14. The standard InChI is InChI=1S/C19H23N5O3S/c1-27-15-6-4-14(5-7-15)20-17(26)13-8-11-23(12-9-13)18-21-22-19(28-18)24-10-2-3-16(24)25/h4-7,13H,2-3,8-12H2,1H3,(H,20,26). The van der Waals surface area contributed by atoms with E-state index in [2.05, 4.69) is 20.4 Å². The Kier molecular flexibility index (Phi) is 5.43. The molecule has 0 bridgehead atoms. The summed E-state index contributed by atoms with van der Waals surface area (Å²) < 4.78 is 5.13. The number of aromatic nitrogens is 2. The van der Waals surface area contributed by atoms with E-state index < -0.39 is 0 Å². The summed E-state index contributed by atoms with van der Waals surface area (Å²) >= 11 is 1.45. The first-order valence-electron chi connectivity index (χ1n) is 9.48. The molecule has 0 saturated carbocycles. The third-order valence-corrected chi connectivity index (χ3v) is 6.21. The highest BCUT2D eigenvalue weighted by atomic mass is 32.1. The number of methoxy groups -OCH3 is 1. The van der Waals surface area contributed by atoms with Crippen molar-refractivity contribution in [3.8, 4) is 5.75 Å². The minimum Gasteiger partial charge on any atom is -0.497 e. The van der Waals surface area contributed by atoms with Gasteiger partial charge in [0.2, 0.25) is 22.1 Å². The van der Waals surface area contributed by atoms with Crippen LogP contribution in [0.1, 0.15) is 25.7 Å². The number of rotatable bonds is 5. The van der Waals surface area contributed by atoms with Crippen LogP contribution in [0.25, 0.3) is 0 Å². The van der Waals surface area contributed by atoms with Gasteiger partial charge in [-0.2, -0.15) is 0 Å². The number of piperidine rings is 1. The van der Waals surface area contributed by atoms with Gasteiger partial charge in [-0.3, -0.25) is 14.5 Å². The maximum atomic E-state index is 12.5. The third kappa shape index (κ3) is 3.94. The average Bonchev–Trinajstić information content (AvgIpc) is 3.37. The van der Waals surface area contributed by atoms with Crippen molar-refractivity contribution in [1.29, 1.82) is 0 Å². The Morgan fingerprint density at radius 3 is 2.50 bits per heavy atom. The molecule has 148 valence electrons. The predicted molar refractivity (Wildman–Crippen MR) is 108 cm³/mol. The van der Waals surface area contributed by atoms with Crippen LogP contribution in [0.2, 0.25) is 0 Å². The monoisotopic (exact) mass is 401 g/mol. The molecule has 8 nitrogen and oxygen atoms in total. The first kappa shape index (κ1) is 18.7. The molecule has 0 spiro atoms. The largest absolute Gasteiger partial charge is 0.497 e. The lowest BCUT2D eigenvalue weighted by Crippen LogP contribution is -2.38. The Balaban J connectivity index is 1.31. The molecule has 2 aliphatic heterocycles. The van der Waals surface area contributed by atoms with Gasteiger partial charge in [-0.25, -0.2) is 0 Å². The summed E-state index contributed by atoms with van der Waals surface area (Å²) in [6.07, 6.45) is 2.99. The maximum Gasteiger partial charge on any atom is 0.228 e. The van der Waals surface area contributed by atoms with Gasteiger partial charge in [0, 0.05) is 37.7 Å². The zero-order valence-corrected chi connectivity index (χ0v) is 16.6. The topological polar surface area (TPSA) is 87.7 Å². The van der Waals surface area contributed by atoms with E-state index in [1.54, 1.807) is 12.0 Å². The van der Waals surface area contributed by atoms with Crippen LogP contribution in [0, 0.1) is 5.92 Å². The van der Waals surface area contributed by atoms with E-state index >= 15 is 0 Å². The van der Waals surface area contributed by atoms with Crippen LogP contribution < -0.4 is 19.9 Å². The number of carbonyl (C=O) groups is 2. The second-order valence-corrected chi connectivity index (χ2v) is 7.93. The van der Waals surface area contributed by atoms with Gasteiger partial charge >= 0.3 is 0 Å². The van der Waals surface area contributed by atoms with Crippen molar-refractivity contribution in [3.05, 3.63) is 24.3 Å². The van der Waals surface area contributed by atoms with Crippen molar-refractivity contribution in [2.75, 3.05) is 41.9 Å². The lowest BCUT2D eigenvalue weighted by molar-refractivity contribution is -0.120. The molecule has 4 rings (SSSR count). The molecule has 2 aromatic rings. The van der Waals surface area contributed by atoms with E-state index in [1.807, 2.05) is 24.3 Å². The van der Waals surface area contributed by atoms with Crippen molar-refractivity contribution >= 4 is 39.1 Å². The highest BCUT2D eigenvalue weighted by Crippen LogP contribution is 2.32. The number of hydrogen-bond acceptors (Lipinski definition) is 7. The number of nitrogens with one attached hydrogen (secondary N) is 1. The lowest BCUT2D eigenvalue weighted by atomic mass is 9.96. The summed E-state index contributed by atoms with van der Waals surface area (Å²) in [6.45, 7) is 2.23. The average molecular weight is 401 g/mol. The quantitative estimate of drug-likeness (QED) is 0.828. The number of hydrogen-bond donors (Lipinski definition) is 1. The van der Waals surface area contributed by atoms with E-state index in [0.29, 0.717) is 11.6 Å². The molecule has 2 fully saturated rings. The molecule has 2 aliphatic rings. The van der Waals surface area contributed by atoms with Gasteiger partial charge in [-0.1, -0.05) is 11.3 Å². The molecule has 0 aliphatic carbocycles. The fraction of sp³-hybridized carbons (Fsp3) is 0.474. The molecular weight excluding hydrogens is 378 g/mol. The molecule has 3 heterocycles. The molecule has 0 unspecified atom stereocenters. The molecule has 1 N–H and O–H groups in total. The number of nitrogens with zero attached hydrogens (tertiary/aromatic N) is 4. The van der Waals surface area contributed by atoms with Crippen molar-refractivity contribution in [1.82, 2.24) is 10.2 Å². The van der Waals surface area contributed by atoms with Gasteiger partial charge in [0.15, 0.2) is 0 Å². The van der Waals surface area contributed by atoms with Gasteiger partial charge in [-0.05, 0) is 43.5 Å². The molecular formula is C19H23N5O3S. The molecule has 9 heteroatoms. The van der Waals surface area contributed by atoms with Crippen LogP contribution in [0.15, 0.2) is 24.3 Å². The lowest BCUT2D eigenvalue weighted by Gasteiger charge is -2.30. The molecule has 28 heavy (non-hydrogen) atoms. The Morgan fingerprint density at radius 2 is 1.86 bits per heavy atom. The Hall–Kier alpha value is -2.68. The van der Waals surface area contributed by atoms with Gasteiger partial charge in [0.1, 0.15) is 5.75 Å². The van der Waals surface area contributed by atoms with Crippen molar-refractivity contribution in [2.24, 2.45) is 5.92 Å². The normalized spacial score (nSPS) is 17.8. The van der Waals surface area contributed by atoms with Crippen LogP contribution in [0.5, 0.6) is 5.75 Å². The number of amides is 2. The van der Waals surface area contributed by atoms with Crippen LogP contribution in [-0.2, 0) is 9.59 Å². The molecule has 2 saturated heterocycles. The minimum absolute atomic E-state index is 0.0223. The van der Waals surface area contributed by atoms with Crippen LogP contribution in [0.4, 0.5) is 16.0 Å². The number of anilines is 3. The maximum absolute atomic E-state index is 12.5. The van der Waals surface area contributed by atoms with Crippen LogP contribution in [-0.4, -0.2) is 48.8 Å².